The Morgan fingerprint density at radius 2 is 0.657 bits per heavy atom. The van der Waals surface area contributed by atoms with Crippen LogP contribution < -0.4 is 16.0 Å². The van der Waals surface area contributed by atoms with E-state index in [1.807, 2.05) is 0 Å². The van der Waals surface area contributed by atoms with E-state index >= 15 is 0 Å². The highest BCUT2D eigenvalue weighted by molar-refractivity contribution is 7.67. The van der Waals surface area contributed by atoms with Crippen molar-refractivity contribution >= 4 is 34.7 Å². The topological polar surface area (TPSA) is 234 Å². The number of nitrogens with one attached hydrogen (secondary N) is 3. The number of ether oxygens (including phenoxy) is 5. The molecule has 1 fully saturated rings. The van der Waals surface area contributed by atoms with Gasteiger partial charge in [0.2, 0.25) is 17.7 Å². The molecular weight excluding hydrogens is 1270 g/mol. The Labute approximate surface area is 608 Å². The van der Waals surface area contributed by atoms with E-state index in [4.69, 9.17) is 27.9 Å². The van der Waals surface area contributed by atoms with E-state index in [1.165, 1.54) is 199 Å². The van der Waals surface area contributed by atoms with Crippen LogP contribution in [0.15, 0.2) is 0 Å². The van der Waals surface area contributed by atoms with Crippen molar-refractivity contribution in [1.29, 1.82) is 0 Å². The van der Waals surface area contributed by atoms with Crippen molar-refractivity contribution in [2.45, 2.75) is 462 Å². The molecular formula is C81H157N3O14S. The molecule has 9 atom stereocenters. The van der Waals surface area contributed by atoms with Gasteiger partial charge >= 0.3 is 5.97 Å². The molecule has 0 aromatic heterocycles. The maximum Gasteiger partial charge on any atom is 0.328 e. The van der Waals surface area contributed by atoms with Gasteiger partial charge in [-0.25, -0.2) is 13.2 Å². The van der Waals surface area contributed by atoms with Crippen molar-refractivity contribution in [1.82, 2.24) is 16.0 Å². The van der Waals surface area contributed by atoms with Gasteiger partial charge in [-0.2, -0.15) is 0 Å². The van der Waals surface area contributed by atoms with Crippen molar-refractivity contribution in [2.24, 2.45) is 0 Å². The van der Waals surface area contributed by atoms with E-state index in [9.17, 15) is 37.8 Å². The molecule has 18 heteroatoms. The lowest BCUT2D eigenvalue weighted by Gasteiger charge is -2.45. The second kappa shape index (κ2) is 69.9. The van der Waals surface area contributed by atoms with Gasteiger partial charge in [-0.1, -0.05) is 350 Å². The number of carboxylic acid groups (broad SMARTS) is 1. The summed E-state index contributed by atoms with van der Waals surface area (Å²) < 4.78 is 63.2. The molecule has 1 aliphatic rings. The minimum absolute atomic E-state index is 0.0478. The van der Waals surface area contributed by atoms with Crippen molar-refractivity contribution in [3.8, 4) is 0 Å². The highest BCUT2D eigenvalue weighted by Crippen LogP contribution is 2.28. The molecule has 0 saturated carbocycles. The largest absolute Gasteiger partial charge is 0.480 e. The molecule has 0 bridgehead atoms. The Morgan fingerprint density at radius 1 is 0.384 bits per heavy atom. The normalized spacial score (nSPS) is 17.6. The fourth-order valence-corrected chi connectivity index (χ4v) is 14.2. The summed E-state index contributed by atoms with van der Waals surface area (Å²) in [5.41, 5.74) is 0. The summed E-state index contributed by atoms with van der Waals surface area (Å²) >= 11 is 0. The van der Waals surface area contributed by atoms with Gasteiger partial charge in [0.1, 0.15) is 18.2 Å². The SMILES string of the molecule is CCCCCCCCCCC[C@H](CC(=O)N[C@H]1[C@H](OC[C@H](NC(=O)C[C@@H](CCCCCCCCCCC)OCCCCCCCCCC)C(=O)O)O[C@H](CO)[C@@H](O[SH](=O)=O)[C@H]1NC(=O)C[C@@H](CCCCCCCCCCC)OCCCCCCCCCC)OCCCCCCCCCC. The zero-order valence-electron chi connectivity index (χ0n) is 64.8. The molecule has 0 aliphatic carbocycles. The van der Waals surface area contributed by atoms with Crippen LogP contribution in [0, 0.1) is 0 Å². The summed E-state index contributed by atoms with van der Waals surface area (Å²) in [6.45, 7) is 13.4. The number of aliphatic carboxylic acids is 1. The molecule has 0 unspecified atom stereocenters. The Morgan fingerprint density at radius 3 is 0.939 bits per heavy atom. The summed E-state index contributed by atoms with van der Waals surface area (Å²) in [4.78, 5) is 56.8. The molecule has 586 valence electrons. The summed E-state index contributed by atoms with van der Waals surface area (Å²) in [7, 11) is -3.60. The van der Waals surface area contributed by atoms with Gasteiger partial charge in [0.15, 0.2) is 12.3 Å². The molecule has 5 N–H and O–H groups in total. The molecule has 1 heterocycles. The number of aliphatic hydroxyl groups is 1. The fourth-order valence-electron chi connectivity index (χ4n) is 13.8. The smallest absolute Gasteiger partial charge is 0.328 e. The molecule has 17 nitrogen and oxygen atoms in total. The van der Waals surface area contributed by atoms with Crippen LogP contribution in [0.3, 0.4) is 0 Å². The van der Waals surface area contributed by atoms with Crippen LogP contribution in [-0.4, -0.2) is 130 Å². The molecule has 3 amide bonds. The van der Waals surface area contributed by atoms with E-state index in [0.29, 0.717) is 39.1 Å². The number of carbonyl (C=O) groups excluding carboxylic acids is 3. The maximum atomic E-state index is 14.8. The number of hydrogen-bond donors (Lipinski definition) is 6. The fraction of sp³-hybridized carbons (Fsp3) is 0.951. The number of unbranched alkanes of at least 4 members (excludes halogenated alkanes) is 45. The monoisotopic (exact) mass is 1430 g/mol. The Bertz CT molecular complexity index is 1840. The predicted octanol–water partition coefficient (Wildman–Crippen LogP) is 19.7. The number of amides is 3. The second-order valence-electron chi connectivity index (χ2n) is 29.4. The molecule has 1 saturated heterocycles. The van der Waals surface area contributed by atoms with Gasteiger partial charge in [0.05, 0.1) is 56.8 Å². The Hall–Kier alpha value is -2.45. The number of hydrogen-bond acceptors (Lipinski definition) is 13. The summed E-state index contributed by atoms with van der Waals surface area (Å²) in [5.74, 6) is -2.86. The molecule has 0 aromatic carbocycles. The number of thiol groups is 1. The molecule has 99 heavy (non-hydrogen) atoms. The highest BCUT2D eigenvalue weighted by atomic mass is 32.2. The van der Waals surface area contributed by atoms with Crippen LogP contribution in [0.1, 0.15) is 408 Å². The van der Waals surface area contributed by atoms with E-state index in [2.05, 4.69) is 57.5 Å². The number of rotatable bonds is 76. The summed E-state index contributed by atoms with van der Waals surface area (Å²) in [6.07, 6.45) is 54.2. The number of carbonyl (C=O) groups is 4. The van der Waals surface area contributed by atoms with Crippen LogP contribution in [0.25, 0.3) is 0 Å². The Balaban J connectivity index is 3.69. The maximum absolute atomic E-state index is 14.8. The van der Waals surface area contributed by atoms with Crippen LogP contribution in [0.5, 0.6) is 0 Å². The molecule has 1 aliphatic heterocycles. The predicted molar refractivity (Wildman–Crippen MR) is 407 cm³/mol. The standard InChI is InChI=1S/C81H157N3O14S/c1-7-13-19-25-31-37-40-46-52-58-69(93-61-55-49-43-34-28-22-16-10-4)64-74(86)82-72(80(89)90)68-96-81-78(84-76(88)66-71(60-54-48-42-39-33-27-21-15-9-3)95-63-57-51-45-36-30-24-18-12-6)77(79(98-99(91)92)73(67-85)97-81)83-75(87)65-70(59-53-47-41-38-32-26-20-14-8-2)94-62-56-50-44-35-29-23-17-11-5/h69-73,77-79,81,85,99H,7-68H2,1-6H3,(H,82,86)(H,83,87)(H,84,88)(H,89,90)/t69-,70-,71-,72+,73-,77+,78-,79-,81-/m1/s1. The second-order valence-corrected chi connectivity index (χ2v) is 30.0. The first-order valence-corrected chi connectivity index (χ1v) is 43.1. The molecule has 0 radical (unpaired) electrons. The van der Waals surface area contributed by atoms with Gasteiger partial charge in [-0.15, -0.1) is 0 Å². The van der Waals surface area contributed by atoms with Crippen LogP contribution in [-0.2, 0) is 58.0 Å². The van der Waals surface area contributed by atoms with Gasteiger partial charge in [-0.3, -0.25) is 18.6 Å². The summed E-state index contributed by atoms with van der Waals surface area (Å²) in [5, 5.41) is 30.5. The van der Waals surface area contributed by atoms with Crippen LogP contribution in [0.2, 0.25) is 0 Å². The molecule has 1 rings (SSSR count). The average molecular weight is 1430 g/mol. The third kappa shape index (κ3) is 55.7. The first-order chi connectivity index (χ1) is 48.4. The van der Waals surface area contributed by atoms with Crippen molar-refractivity contribution < 1.29 is 65.7 Å². The van der Waals surface area contributed by atoms with Gasteiger partial charge in [0.25, 0.3) is 11.0 Å². The van der Waals surface area contributed by atoms with E-state index in [0.717, 1.165) is 128 Å². The Kier molecular flexibility index (Phi) is 66.8. The zero-order chi connectivity index (χ0) is 72.3. The zero-order valence-corrected chi connectivity index (χ0v) is 65.7. The average Bonchev–Trinajstić information content (AvgIpc) is 0.787. The van der Waals surface area contributed by atoms with Gasteiger partial charge < -0.3 is 49.8 Å². The van der Waals surface area contributed by atoms with Gasteiger partial charge in [0, 0.05) is 19.8 Å². The lowest BCUT2D eigenvalue weighted by molar-refractivity contribution is -0.247. The lowest BCUT2D eigenvalue weighted by Crippen LogP contribution is -2.70. The molecule has 0 aromatic rings. The first-order valence-electron chi connectivity index (χ1n) is 42.0. The first kappa shape index (κ1) is 94.6. The van der Waals surface area contributed by atoms with Crippen molar-refractivity contribution in [2.75, 3.05) is 33.0 Å². The van der Waals surface area contributed by atoms with E-state index in [1.54, 1.807) is 0 Å². The van der Waals surface area contributed by atoms with Crippen molar-refractivity contribution in [3.05, 3.63) is 0 Å². The van der Waals surface area contributed by atoms with E-state index < -0.39 is 103 Å². The quantitative estimate of drug-likeness (QED) is 0.0246. The minimum Gasteiger partial charge on any atom is -0.480 e. The third-order valence-corrected chi connectivity index (χ3v) is 20.4. The van der Waals surface area contributed by atoms with Crippen LogP contribution in [0.4, 0.5) is 0 Å². The number of aliphatic hydroxyl groups excluding tert-OH is 1. The highest BCUT2D eigenvalue weighted by Gasteiger charge is 2.50. The summed E-state index contributed by atoms with van der Waals surface area (Å²) in [6, 6.07) is -4.34. The third-order valence-electron chi connectivity index (χ3n) is 20.0. The van der Waals surface area contributed by atoms with Gasteiger partial charge in [-0.05, 0) is 38.5 Å². The van der Waals surface area contributed by atoms with E-state index in [-0.39, 0.29) is 19.3 Å². The number of carboxylic acids is 1. The molecule has 0 spiro atoms. The van der Waals surface area contributed by atoms with Crippen molar-refractivity contribution in [3.63, 3.8) is 0 Å². The lowest BCUT2D eigenvalue weighted by atomic mass is 9.93. The minimum atomic E-state index is -3.60. The van der Waals surface area contributed by atoms with Crippen LogP contribution >= 0.6 is 0 Å².